The number of nitrogens with one attached hydrogen (secondary N) is 1. The van der Waals surface area contributed by atoms with Crippen molar-refractivity contribution in [3.8, 4) is 0 Å². The second kappa shape index (κ2) is 4.83. The zero-order valence-corrected chi connectivity index (χ0v) is 10.8. The van der Waals surface area contributed by atoms with Crippen molar-refractivity contribution in [3.63, 3.8) is 0 Å². The van der Waals surface area contributed by atoms with Gasteiger partial charge in [-0.25, -0.2) is 9.97 Å². The second-order valence-electron chi connectivity index (χ2n) is 4.74. The van der Waals surface area contributed by atoms with Crippen molar-refractivity contribution in [1.82, 2.24) is 25.1 Å². The van der Waals surface area contributed by atoms with Crippen LogP contribution in [0.25, 0.3) is 11.0 Å². The molecule has 3 heterocycles. The first-order valence-electron chi connectivity index (χ1n) is 6.38. The Morgan fingerprint density at radius 1 is 1.47 bits per heavy atom. The van der Waals surface area contributed by atoms with Crippen LogP contribution in [0, 0.1) is 0 Å². The van der Waals surface area contributed by atoms with E-state index in [2.05, 4.69) is 20.2 Å². The van der Waals surface area contributed by atoms with Crippen molar-refractivity contribution < 1.29 is 4.79 Å². The fourth-order valence-corrected chi connectivity index (χ4v) is 2.37. The molecule has 0 atom stereocenters. The van der Waals surface area contributed by atoms with Crippen molar-refractivity contribution in [3.05, 3.63) is 12.5 Å². The number of carbonyl (C=O) groups excluding carboxylic acids is 1. The van der Waals surface area contributed by atoms with Crippen LogP contribution in [0.2, 0.25) is 0 Å². The molecule has 100 valence electrons. The number of fused-ring (bicyclic) bond motifs is 1. The maximum Gasteiger partial charge on any atom is 0.222 e. The minimum atomic E-state index is 0.254. The first-order valence-corrected chi connectivity index (χ1v) is 6.38. The van der Waals surface area contributed by atoms with Crippen LogP contribution in [-0.2, 0) is 4.79 Å². The molecule has 1 saturated heterocycles. The molecule has 1 aliphatic rings. The van der Waals surface area contributed by atoms with Gasteiger partial charge in [-0.1, -0.05) is 0 Å². The lowest BCUT2D eigenvalue weighted by molar-refractivity contribution is -0.127. The van der Waals surface area contributed by atoms with Gasteiger partial charge in [0.15, 0.2) is 5.65 Å². The predicted octanol–water partition coefficient (Wildman–Crippen LogP) is 0.411. The Morgan fingerprint density at radius 2 is 2.37 bits per heavy atom. The van der Waals surface area contributed by atoms with Crippen LogP contribution in [0.1, 0.15) is 12.8 Å². The average Bonchev–Trinajstić information content (AvgIpc) is 3.04. The van der Waals surface area contributed by atoms with Gasteiger partial charge >= 0.3 is 0 Å². The highest BCUT2D eigenvalue weighted by Crippen LogP contribution is 2.19. The van der Waals surface area contributed by atoms with Crippen molar-refractivity contribution >= 4 is 22.8 Å². The molecule has 1 N–H and O–H groups in total. The third kappa shape index (κ3) is 2.23. The number of hydrogen-bond acceptors (Lipinski definition) is 5. The molecule has 0 aromatic carbocycles. The Balaban J connectivity index is 1.71. The van der Waals surface area contributed by atoms with Crippen LogP contribution in [0.15, 0.2) is 12.5 Å². The van der Waals surface area contributed by atoms with E-state index < -0.39 is 0 Å². The molecular formula is C12H16N6O. The van der Waals surface area contributed by atoms with Gasteiger partial charge in [-0.15, -0.1) is 0 Å². The van der Waals surface area contributed by atoms with Crippen molar-refractivity contribution in [2.45, 2.75) is 12.8 Å². The van der Waals surface area contributed by atoms with Crippen molar-refractivity contribution in [2.24, 2.45) is 0 Å². The Hall–Kier alpha value is -2.18. The van der Waals surface area contributed by atoms with Crippen LogP contribution in [0.4, 0.5) is 5.82 Å². The Labute approximate surface area is 110 Å². The van der Waals surface area contributed by atoms with Gasteiger partial charge in [-0.05, 0) is 6.42 Å². The summed E-state index contributed by atoms with van der Waals surface area (Å²) >= 11 is 0. The Bertz CT molecular complexity index is 595. The summed E-state index contributed by atoms with van der Waals surface area (Å²) in [6, 6.07) is 0. The first kappa shape index (κ1) is 11.9. The van der Waals surface area contributed by atoms with Crippen LogP contribution >= 0.6 is 0 Å². The summed E-state index contributed by atoms with van der Waals surface area (Å²) in [4.78, 5) is 23.9. The molecule has 0 radical (unpaired) electrons. The first-order chi connectivity index (χ1) is 9.25. The van der Waals surface area contributed by atoms with E-state index in [1.165, 1.54) is 6.33 Å². The summed E-state index contributed by atoms with van der Waals surface area (Å²) in [6.07, 6.45) is 4.90. The quantitative estimate of drug-likeness (QED) is 0.861. The van der Waals surface area contributed by atoms with Gasteiger partial charge in [-0.3, -0.25) is 9.89 Å². The van der Waals surface area contributed by atoms with Gasteiger partial charge in [0, 0.05) is 33.1 Å². The van der Waals surface area contributed by atoms with Crippen LogP contribution < -0.4 is 4.90 Å². The van der Waals surface area contributed by atoms with E-state index in [1.54, 1.807) is 6.20 Å². The van der Waals surface area contributed by atoms with E-state index in [-0.39, 0.29) is 5.91 Å². The number of amides is 1. The molecule has 0 unspecified atom stereocenters. The molecule has 0 saturated carbocycles. The lowest BCUT2D eigenvalue weighted by Gasteiger charge is -2.22. The fourth-order valence-electron chi connectivity index (χ4n) is 2.37. The lowest BCUT2D eigenvalue weighted by atomic mass is 10.3. The van der Waals surface area contributed by atoms with Gasteiger partial charge in [0.25, 0.3) is 0 Å². The number of H-pyrrole nitrogens is 1. The molecule has 19 heavy (non-hydrogen) atoms. The average molecular weight is 260 g/mol. The molecule has 2 aromatic rings. The standard InChI is InChI=1S/C12H16N6O/c1-17(5-6-18-4-2-3-10(18)19)12-9-7-15-16-11(9)13-8-14-12/h7-8H,2-6H2,1H3,(H,13,14,15,16). The molecule has 1 aliphatic heterocycles. The SMILES string of the molecule is CN(CCN1CCCC1=O)c1ncnc2[nH]ncc12. The highest BCUT2D eigenvalue weighted by Gasteiger charge is 2.20. The number of aromatic amines is 1. The highest BCUT2D eigenvalue weighted by molar-refractivity contribution is 5.86. The number of nitrogens with zero attached hydrogens (tertiary/aromatic N) is 5. The smallest absolute Gasteiger partial charge is 0.222 e. The van der Waals surface area contributed by atoms with Crippen molar-refractivity contribution in [2.75, 3.05) is 31.6 Å². The number of aromatic nitrogens is 4. The van der Waals surface area contributed by atoms with Gasteiger partial charge in [0.1, 0.15) is 12.1 Å². The van der Waals surface area contributed by atoms with E-state index in [0.717, 1.165) is 42.9 Å². The molecule has 0 spiro atoms. The molecule has 1 fully saturated rings. The molecule has 1 amide bonds. The van der Waals surface area contributed by atoms with Crippen LogP contribution in [0.5, 0.6) is 0 Å². The molecule has 0 aliphatic carbocycles. The maximum atomic E-state index is 11.6. The van der Waals surface area contributed by atoms with Gasteiger partial charge in [0.2, 0.25) is 5.91 Å². The maximum absolute atomic E-state index is 11.6. The summed E-state index contributed by atoms with van der Waals surface area (Å²) in [6.45, 7) is 2.36. The zero-order chi connectivity index (χ0) is 13.2. The Morgan fingerprint density at radius 3 is 3.16 bits per heavy atom. The molecule has 3 rings (SSSR count). The number of rotatable bonds is 4. The number of anilines is 1. The van der Waals surface area contributed by atoms with Crippen molar-refractivity contribution in [1.29, 1.82) is 0 Å². The van der Waals surface area contributed by atoms with E-state index >= 15 is 0 Å². The lowest BCUT2D eigenvalue weighted by Crippen LogP contribution is -2.34. The monoisotopic (exact) mass is 260 g/mol. The van der Waals surface area contributed by atoms with E-state index in [1.807, 2.05) is 16.8 Å². The molecule has 2 aromatic heterocycles. The van der Waals surface area contributed by atoms with Gasteiger partial charge < -0.3 is 9.80 Å². The number of hydrogen-bond donors (Lipinski definition) is 1. The normalized spacial score (nSPS) is 15.4. The highest BCUT2D eigenvalue weighted by atomic mass is 16.2. The largest absolute Gasteiger partial charge is 0.357 e. The third-order valence-corrected chi connectivity index (χ3v) is 3.47. The van der Waals surface area contributed by atoms with Crippen LogP contribution in [-0.4, -0.2) is 57.7 Å². The minimum Gasteiger partial charge on any atom is -0.357 e. The zero-order valence-electron chi connectivity index (χ0n) is 10.8. The number of likely N-dealkylation sites (N-methyl/N-ethyl adjacent to an activating group) is 1. The van der Waals surface area contributed by atoms with E-state index in [0.29, 0.717) is 6.42 Å². The number of likely N-dealkylation sites (tertiary alicyclic amines) is 1. The fraction of sp³-hybridized carbons (Fsp3) is 0.500. The summed E-state index contributed by atoms with van der Waals surface area (Å²) in [5.41, 5.74) is 0.731. The van der Waals surface area contributed by atoms with E-state index in [9.17, 15) is 4.79 Å². The topological polar surface area (TPSA) is 78.0 Å². The molecular weight excluding hydrogens is 244 g/mol. The summed E-state index contributed by atoms with van der Waals surface area (Å²) in [5.74, 6) is 1.09. The molecule has 7 heteroatoms. The third-order valence-electron chi connectivity index (χ3n) is 3.47. The summed E-state index contributed by atoms with van der Waals surface area (Å²) in [7, 11) is 1.97. The minimum absolute atomic E-state index is 0.254. The van der Waals surface area contributed by atoms with Gasteiger partial charge in [0.05, 0.1) is 11.6 Å². The van der Waals surface area contributed by atoms with Crippen LogP contribution in [0.3, 0.4) is 0 Å². The predicted molar refractivity (Wildman–Crippen MR) is 70.8 cm³/mol. The molecule has 0 bridgehead atoms. The van der Waals surface area contributed by atoms with E-state index in [4.69, 9.17) is 0 Å². The second-order valence-corrected chi connectivity index (χ2v) is 4.74. The summed E-state index contributed by atoms with van der Waals surface area (Å²) in [5, 5.41) is 7.70. The summed E-state index contributed by atoms with van der Waals surface area (Å²) < 4.78 is 0. The Kier molecular flexibility index (Phi) is 3.02. The molecule has 7 nitrogen and oxygen atoms in total. The van der Waals surface area contributed by atoms with Gasteiger partial charge in [-0.2, -0.15) is 5.10 Å². The number of carbonyl (C=O) groups is 1.